The van der Waals surface area contributed by atoms with Crippen LogP contribution in [0.25, 0.3) is 0 Å². The van der Waals surface area contributed by atoms with E-state index in [0.29, 0.717) is 30.7 Å². The van der Waals surface area contributed by atoms with Crippen LogP contribution in [0.3, 0.4) is 0 Å². The number of carbonyl (C=O) groups excluding carboxylic acids is 1. The van der Waals surface area contributed by atoms with E-state index in [2.05, 4.69) is 12.2 Å². The molecular formula is C18H26FNO3. The van der Waals surface area contributed by atoms with Gasteiger partial charge < -0.3 is 14.8 Å². The summed E-state index contributed by atoms with van der Waals surface area (Å²) in [5.74, 6) is 0.202. The lowest BCUT2D eigenvalue weighted by Gasteiger charge is -2.28. The zero-order valence-electron chi connectivity index (χ0n) is 13.9. The van der Waals surface area contributed by atoms with Crippen molar-refractivity contribution in [2.24, 2.45) is 5.92 Å². The predicted molar refractivity (Wildman–Crippen MR) is 87.0 cm³/mol. The van der Waals surface area contributed by atoms with Crippen LogP contribution in [0, 0.1) is 11.7 Å². The average Bonchev–Trinajstić information content (AvgIpc) is 2.53. The van der Waals surface area contributed by atoms with E-state index < -0.39 is 5.82 Å². The second-order valence-corrected chi connectivity index (χ2v) is 6.17. The van der Waals surface area contributed by atoms with Crippen LogP contribution in [-0.4, -0.2) is 32.3 Å². The molecule has 5 heteroatoms. The highest BCUT2D eigenvalue weighted by atomic mass is 19.1. The van der Waals surface area contributed by atoms with Gasteiger partial charge in [-0.1, -0.05) is 25.8 Å². The highest BCUT2D eigenvalue weighted by Gasteiger charge is 2.21. The predicted octanol–water partition coefficient (Wildman–Crippen LogP) is 3.09. The van der Waals surface area contributed by atoms with Gasteiger partial charge >= 0.3 is 0 Å². The Morgan fingerprint density at radius 1 is 1.35 bits per heavy atom. The van der Waals surface area contributed by atoms with Crippen LogP contribution in [0.2, 0.25) is 0 Å². The largest absolute Gasteiger partial charge is 0.494 e. The van der Waals surface area contributed by atoms with Gasteiger partial charge in [-0.2, -0.15) is 0 Å². The van der Waals surface area contributed by atoms with E-state index in [-0.39, 0.29) is 18.1 Å². The van der Waals surface area contributed by atoms with Crippen molar-refractivity contribution in [2.45, 2.75) is 45.1 Å². The SMILES string of the molecule is COc1ccc(CC(=O)NCCO[C@@H]2CCCC[C@H]2C)cc1F. The number of amides is 1. The normalized spacial score (nSPS) is 21.0. The third-order valence-corrected chi connectivity index (χ3v) is 4.37. The van der Waals surface area contributed by atoms with Crippen molar-refractivity contribution in [2.75, 3.05) is 20.3 Å². The quantitative estimate of drug-likeness (QED) is 0.785. The van der Waals surface area contributed by atoms with Crippen molar-refractivity contribution in [1.29, 1.82) is 0 Å². The second kappa shape index (κ2) is 8.87. The van der Waals surface area contributed by atoms with Crippen molar-refractivity contribution < 1.29 is 18.7 Å². The summed E-state index contributed by atoms with van der Waals surface area (Å²) in [7, 11) is 1.41. The third kappa shape index (κ3) is 5.50. The van der Waals surface area contributed by atoms with Crippen LogP contribution >= 0.6 is 0 Å². The Morgan fingerprint density at radius 2 is 2.13 bits per heavy atom. The summed E-state index contributed by atoms with van der Waals surface area (Å²) in [6.45, 7) is 3.24. The molecule has 23 heavy (non-hydrogen) atoms. The molecule has 0 bridgehead atoms. The molecule has 1 saturated carbocycles. The first-order valence-corrected chi connectivity index (χ1v) is 8.31. The lowest BCUT2D eigenvalue weighted by atomic mass is 9.88. The summed E-state index contributed by atoms with van der Waals surface area (Å²) in [5.41, 5.74) is 0.627. The molecule has 1 amide bonds. The van der Waals surface area contributed by atoms with E-state index in [1.54, 1.807) is 6.07 Å². The van der Waals surface area contributed by atoms with Crippen LogP contribution in [0.15, 0.2) is 18.2 Å². The van der Waals surface area contributed by atoms with E-state index >= 15 is 0 Å². The summed E-state index contributed by atoms with van der Waals surface area (Å²) in [6, 6.07) is 4.56. The van der Waals surface area contributed by atoms with Crippen LogP contribution in [0.1, 0.15) is 38.2 Å². The minimum atomic E-state index is -0.451. The summed E-state index contributed by atoms with van der Waals surface area (Å²) < 4.78 is 24.3. The Labute approximate surface area is 137 Å². The number of carbonyl (C=O) groups is 1. The first-order chi connectivity index (χ1) is 11.1. The van der Waals surface area contributed by atoms with Crippen molar-refractivity contribution in [3.05, 3.63) is 29.6 Å². The number of methoxy groups -OCH3 is 1. The summed E-state index contributed by atoms with van der Waals surface area (Å²) in [5, 5.41) is 2.82. The van der Waals surface area contributed by atoms with E-state index in [1.807, 2.05) is 0 Å². The molecule has 128 valence electrons. The molecule has 2 atom stereocenters. The van der Waals surface area contributed by atoms with Gasteiger partial charge in [0, 0.05) is 6.54 Å². The molecule has 1 aromatic rings. The van der Waals surface area contributed by atoms with Gasteiger partial charge in [-0.15, -0.1) is 0 Å². The van der Waals surface area contributed by atoms with Gasteiger partial charge in [-0.3, -0.25) is 4.79 Å². The molecule has 1 aromatic carbocycles. The fraction of sp³-hybridized carbons (Fsp3) is 0.611. The van der Waals surface area contributed by atoms with Gasteiger partial charge in [0.15, 0.2) is 11.6 Å². The van der Waals surface area contributed by atoms with Gasteiger partial charge in [-0.25, -0.2) is 4.39 Å². The van der Waals surface area contributed by atoms with Crippen molar-refractivity contribution in [3.63, 3.8) is 0 Å². The van der Waals surface area contributed by atoms with Crippen LogP contribution < -0.4 is 10.1 Å². The fourth-order valence-electron chi connectivity index (χ4n) is 3.00. The maximum Gasteiger partial charge on any atom is 0.224 e. The number of halogens is 1. The maximum absolute atomic E-state index is 13.6. The topological polar surface area (TPSA) is 47.6 Å². The number of nitrogens with one attached hydrogen (secondary N) is 1. The molecule has 0 spiro atoms. The standard InChI is InChI=1S/C18H26FNO3/c1-13-5-3-4-6-16(13)23-10-9-20-18(21)12-14-7-8-17(22-2)15(19)11-14/h7-8,11,13,16H,3-6,9-10,12H2,1-2H3,(H,20,21)/t13-,16-/m1/s1. The molecule has 0 saturated heterocycles. The number of hydrogen-bond donors (Lipinski definition) is 1. The lowest BCUT2D eigenvalue weighted by molar-refractivity contribution is -0.120. The molecular weight excluding hydrogens is 297 g/mol. The van der Waals surface area contributed by atoms with Crippen LogP contribution in [-0.2, 0) is 16.0 Å². The second-order valence-electron chi connectivity index (χ2n) is 6.17. The van der Waals surface area contributed by atoms with E-state index in [1.165, 1.54) is 38.5 Å². The van der Waals surface area contributed by atoms with Gasteiger partial charge in [-0.05, 0) is 36.5 Å². The minimum Gasteiger partial charge on any atom is -0.494 e. The van der Waals surface area contributed by atoms with Gasteiger partial charge in [0.1, 0.15) is 0 Å². The highest BCUT2D eigenvalue weighted by Crippen LogP contribution is 2.26. The Hall–Kier alpha value is -1.62. The zero-order valence-corrected chi connectivity index (χ0v) is 13.9. The number of hydrogen-bond acceptors (Lipinski definition) is 3. The van der Waals surface area contributed by atoms with Gasteiger partial charge in [0.25, 0.3) is 0 Å². The molecule has 0 aliphatic heterocycles. The zero-order chi connectivity index (χ0) is 16.7. The summed E-state index contributed by atoms with van der Waals surface area (Å²) in [4.78, 5) is 11.9. The van der Waals surface area contributed by atoms with E-state index in [9.17, 15) is 9.18 Å². The Morgan fingerprint density at radius 3 is 2.83 bits per heavy atom. The van der Waals surface area contributed by atoms with Gasteiger partial charge in [0.05, 0.1) is 26.2 Å². The van der Waals surface area contributed by atoms with Crippen LogP contribution in [0.5, 0.6) is 5.75 Å². The van der Waals surface area contributed by atoms with Crippen LogP contribution in [0.4, 0.5) is 4.39 Å². The third-order valence-electron chi connectivity index (χ3n) is 4.37. The molecule has 2 rings (SSSR count). The molecule has 0 radical (unpaired) electrons. The van der Waals surface area contributed by atoms with E-state index in [0.717, 1.165) is 6.42 Å². The summed E-state index contributed by atoms with van der Waals surface area (Å²) >= 11 is 0. The molecule has 0 unspecified atom stereocenters. The van der Waals surface area contributed by atoms with Gasteiger partial charge in [0.2, 0.25) is 5.91 Å². The molecule has 1 N–H and O–H groups in total. The molecule has 4 nitrogen and oxygen atoms in total. The Balaban J connectivity index is 1.68. The Bertz CT molecular complexity index is 521. The average molecular weight is 323 g/mol. The van der Waals surface area contributed by atoms with E-state index in [4.69, 9.17) is 9.47 Å². The highest BCUT2D eigenvalue weighted by molar-refractivity contribution is 5.78. The number of ether oxygens (including phenoxy) is 2. The Kier molecular flexibility index (Phi) is 6.84. The van der Waals surface area contributed by atoms with Crippen molar-refractivity contribution in [3.8, 4) is 5.75 Å². The molecule has 0 heterocycles. The van der Waals surface area contributed by atoms with Crippen molar-refractivity contribution >= 4 is 5.91 Å². The molecule has 0 aromatic heterocycles. The number of rotatable bonds is 7. The lowest BCUT2D eigenvalue weighted by Crippen LogP contribution is -2.32. The first kappa shape index (κ1) is 17.7. The molecule has 1 aliphatic rings. The monoisotopic (exact) mass is 323 g/mol. The van der Waals surface area contributed by atoms with Crippen molar-refractivity contribution in [1.82, 2.24) is 5.32 Å². The smallest absolute Gasteiger partial charge is 0.224 e. The molecule has 1 fully saturated rings. The molecule has 1 aliphatic carbocycles. The number of benzene rings is 1. The first-order valence-electron chi connectivity index (χ1n) is 8.31. The fourth-order valence-corrected chi connectivity index (χ4v) is 3.00. The maximum atomic E-state index is 13.6. The minimum absolute atomic E-state index is 0.130. The summed E-state index contributed by atoms with van der Waals surface area (Å²) in [6.07, 6.45) is 5.32.